The SMILES string of the molecule is O=C1Nc2ccc(Cl)cc2[C@]12NCCc1c2[nH]c2ccc(Cl)cc12. The topological polar surface area (TPSA) is 56.9 Å². The lowest BCUT2D eigenvalue weighted by atomic mass is 9.82. The highest BCUT2D eigenvalue weighted by Gasteiger charge is 2.52. The van der Waals surface area contributed by atoms with Crippen molar-refractivity contribution in [2.45, 2.75) is 12.0 Å². The zero-order chi connectivity index (χ0) is 16.5. The van der Waals surface area contributed by atoms with Gasteiger partial charge in [-0.25, -0.2) is 0 Å². The molecule has 1 aromatic heterocycles. The van der Waals surface area contributed by atoms with Crippen molar-refractivity contribution in [1.29, 1.82) is 0 Å². The van der Waals surface area contributed by atoms with Crippen molar-refractivity contribution in [3.05, 3.63) is 63.3 Å². The fraction of sp³-hybridized carbons (Fsp3) is 0.167. The number of amides is 1. The van der Waals surface area contributed by atoms with Gasteiger partial charge in [0, 0.05) is 38.7 Å². The molecule has 2 aliphatic rings. The van der Waals surface area contributed by atoms with Crippen molar-refractivity contribution in [3.8, 4) is 0 Å². The van der Waals surface area contributed by atoms with E-state index >= 15 is 0 Å². The number of aromatic nitrogens is 1. The Morgan fingerprint density at radius 1 is 1.04 bits per heavy atom. The first-order valence-corrected chi connectivity index (χ1v) is 8.52. The van der Waals surface area contributed by atoms with Gasteiger partial charge in [-0.05, 0) is 48.4 Å². The molecule has 4 nitrogen and oxygen atoms in total. The lowest BCUT2D eigenvalue weighted by Gasteiger charge is -2.33. The lowest BCUT2D eigenvalue weighted by Crippen LogP contribution is -2.53. The molecule has 3 N–H and O–H groups in total. The van der Waals surface area contributed by atoms with Gasteiger partial charge < -0.3 is 10.3 Å². The molecule has 1 amide bonds. The lowest BCUT2D eigenvalue weighted by molar-refractivity contribution is -0.120. The van der Waals surface area contributed by atoms with Crippen molar-refractivity contribution in [2.24, 2.45) is 0 Å². The third-order valence-electron chi connectivity index (χ3n) is 4.98. The van der Waals surface area contributed by atoms with Gasteiger partial charge in [0.05, 0.1) is 5.69 Å². The number of anilines is 1. The molecule has 0 fully saturated rings. The second-order valence-electron chi connectivity index (χ2n) is 6.24. The Labute approximate surface area is 148 Å². The van der Waals surface area contributed by atoms with E-state index < -0.39 is 5.54 Å². The van der Waals surface area contributed by atoms with Crippen LogP contribution in [0.3, 0.4) is 0 Å². The number of H-pyrrole nitrogens is 1. The van der Waals surface area contributed by atoms with Gasteiger partial charge in [0.15, 0.2) is 5.54 Å². The minimum Gasteiger partial charge on any atom is -0.356 e. The monoisotopic (exact) mass is 357 g/mol. The smallest absolute Gasteiger partial charge is 0.255 e. The molecule has 0 radical (unpaired) electrons. The fourth-order valence-electron chi connectivity index (χ4n) is 3.96. The number of nitrogens with one attached hydrogen (secondary N) is 3. The molecule has 1 atom stereocenters. The zero-order valence-corrected chi connectivity index (χ0v) is 14.1. The molecule has 0 bridgehead atoms. The van der Waals surface area contributed by atoms with Gasteiger partial charge in [0.1, 0.15) is 0 Å². The van der Waals surface area contributed by atoms with Gasteiger partial charge in [-0.1, -0.05) is 23.2 Å². The Balaban J connectivity index is 1.86. The van der Waals surface area contributed by atoms with E-state index in [1.807, 2.05) is 30.3 Å². The number of carbonyl (C=O) groups excluding carboxylic acids is 1. The molecule has 0 unspecified atom stereocenters. The minimum absolute atomic E-state index is 0.0848. The third-order valence-corrected chi connectivity index (χ3v) is 5.45. The first-order valence-electron chi connectivity index (χ1n) is 7.77. The Morgan fingerprint density at radius 3 is 2.71 bits per heavy atom. The zero-order valence-electron chi connectivity index (χ0n) is 12.5. The van der Waals surface area contributed by atoms with Crippen LogP contribution in [0.1, 0.15) is 16.8 Å². The minimum atomic E-state index is -0.931. The van der Waals surface area contributed by atoms with Gasteiger partial charge in [0.25, 0.3) is 5.91 Å². The molecule has 3 heterocycles. The summed E-state index contributed by atoms with van der Waals surface area (Å²) >= 11 is 12.4. The van der Waals surface area contributed by atoms with Crippen LogP contribution in [0.5, 0.6) is 0 Å². The van der Waals surface area contributed by atoms with Crippen LogP contribution in [0.15, 0.2) is 36.4 Å². The second-order valence-corrected chi connectivity index (χ2v) is 7.11. The van der Waals surface area contributed by atoms with Crippen molar-refractivity contribution in [1.82, 2.24) is 10.3 Å². The van der Waals surface area contributed by atoms with Crippen LogP contribution in [0.2, 0.25) is 10.0 Å². The van der Waals surface area contributed by atoms with Crippen LogP contribution in [0, 0.1) is 0 Å². The van der Waals surface area contributed by atoms with E-state index in [9.17, 15) is 4.79 Å². The van der Waals surface area contributed by atoms with E-state index in [2.05, 4.69) is 15.6 Å². The largest absolute Gasteiger partial charge is 0.356 e. The maximum atomic E-state index is 13.0. The summed E-state index contributed by atoms with van der Waals surface area (Å²) in [6.07, 6.45) is 0.834. The quantitative estimate of drug-likeness (QED) is 0.572. The Bertz CT molecular complexity index is 1030. The predicted molar refractivity (Wildman–Crippen MR) is 95.9 cm³/mol. The highest BCUT2D eigenvalue weighted by molar-refractivity contribution is 6.31. The summed E-state index contributed by atoms with van der Waals surface area (Å²) in [7, 11) is 0. The van der Waals surface area contributed by atoms with E-state index in [1.165, 1.54) is 0 Å². The van der Waals surface area contributed by atoms with Crippen LogP contribution in [0.4, 0.5) is 5.69 Å². The summed E-state index contributed by atoms with van der Waals surface area (Å²) in [6, 6.07) is 11.3. The normalized spacial score (nSPS) is 21.8. The molecule has 2 aromatic carbocycles. The average molecular weight is 358 g/mol. The highest BCUT2D eigenvalue weighted by Crippen LogP contribution is 2.46. The molecule has 24 heavy (non-hydrogen) atoms. The van der Waals surface area contributed by atoms with Gasteiger partial charge in [-0.3, -0.25) is 10.1 Å². The summed E-state index contributed by atoms with van der Waals surface area (Å²) in [5.41, 5.74) is 3.72. The Hall–Kier alpha value is -2.01. The number of carbonyl (C=O) groups is 1. The number of halogens is 2. The molecule has 0 saturated carbocycles. The Kier molecular flexibility index (Phi) is 2.84. The molecule has 0 aliphatic carbocycles. The van der Waals surface area contributed by atoms with Gasteiger partial charge in [-0.2, -0.15) is 0 Å². The first kappa shape index (κ1) is 14.3. The molecule has 3 aromatic rings. The maximum absolute atomic E-state index is 13.0. The summed E-state index contributed by atoms with van der Waals surface area (Å²) in [6.45, 7) is 0.700. The van der Waals surface area contributed by atoms with Crippen LogP contribution < -0.4 is 10.6 Å². The van der Waals surface area contributed by atoms with Crippen molar-refractivity contribution >= 4 is 45.7 Å². The highest BCUT2D eigenvalue weighted by atomic mass is 35.5. The van der Waals surface area contributed by atoms with Crippen LogP contribution >= 0.6 is 23.2 Å². The molecule has 6 heteroatoms. The number of benzene rings is 2. The fourth-order valence-corrected chi connectivity index (χ4v) is 4.31. The number of hydrogen-bond donors (Lipinski definition) is 3. The number of fused-ring (bicyclic) bond motifs is 6. The summed E-state index contributed by atoms with van der Waals surface area (Å²) in [4.78, 5) is 16.4. The van der Waals surface area contributed by atoms with E-state index in [1.54, 1.807) is 6.07 Å². The van der Waals surface area contributed by atoms with E-state index in [4.69, 9.17) is 23.2 Å². The molecule has 5 rings (SSSR count). The third kappa shape index (κ3) is 1.71. The standard InChI is InChI=1S/C18H13Cl2N3O/c19-9-1-3-14-12(7-9)11-5-6-21-18(16(11)22-14)13-8-10(20)2-4-15(13)23-17(18)24/h1-4,7-8,21-22H,5-6H2,(H,23,24)/t18-/m1/s1. The molecular weight excluding hydrogens is 345 g/mol. The van der Waals surface area contributed by atoms with Crippen LogP contribution in [0.25, 0.3) is 10.9 Å². The van der Waals surface area contributed by atoms with Crippen molar-refractivity contribution in [2.75, 3.05) is 11.9 Å². The first-order chi connectivity index (χ1) is 11.6. The molecular formula is C18H13Cl2N3O. The predicted octanol–water partition coefficient (Wildman–Crippen LogP) is 3.82. The summed E-state index contributed by atoms with van der Waals surface area (Å²) in [5.74, 6) is -0.0848. The van der Waals surface area contributed by atoms with E-state index in [0.29, 0.717) is 16.6 Å². The summed E-state index contributed by atoms with van der Waals surface area (Å²) < 4.78 is 0. The van der Waals surface area contributed by atoms with Crippen LogP contribution in [-0.4, -0.2) is 17.4 Å². The van der Waals surface area contributed by atoms with Gasteiger partial charge >= 0.3 is 0 Å². The number of hydrogen-bond acceptors (Lipinski definition) is 2. The molecule has 2 aliphatic heterocycles. The average Bonchev–Trinajstić information content (AvgIpc) is 3.06. The van der Waals surface area contributed by atoms with Crippen molar-refractivity contribution in [3.63, 3.8) is 0 Å². The second kappa shape index (κ2) is 4.76. The van der Waals surface area contributed by atoms with Crippen LogP contribution in [-0.2, 0) is 16.8 Å². The molecule has 0 saturated heterocycles. The maximum Gasteiger partial charge on any atom is 0.255 e. The van der Waals surface area contributed by atoms with Gasteiger partial charge in [-0.15, -0.1) is 0 Å². The molecule has 120 valence electrons. The summed E-state index contributed by atoms with van der Waals surface area (Å²) in [5, 5.41) is 8.77. The van der Waals surface area contributed by atoms with Gasteiger partial charge in [0.2, 0.25) is 0 Å². The Morgan fingerprint density at radius 2 is 1.83 bits per heavy atom. The number of rotatable bonds is 0. The van der Waals surface area contributed by atoms with E-state index in [0.717, 1.165) is 39.8 Å². The van der Waals surface area contributed by atoms with Crippen molar-refractivity contribution < 1.29 is 4.79 Å². The van der Waals surface area contributed by atoms with E-state index in [-0.39, 0.29) is 5.91 Å². The number of aromatic amines is 1. The molecule has 1 spiro atoms.